The third-order valence-corrected chi connectivity index (χ3v) is 1.90. The van der Waals surface area contributed by atoms with Crippen LogP contribution >= 0.6 is 0 Å². The second-order valence-corrected chi connectivity index (χ2v) is 2.75. The summed E-state index contributed by atoms with van der Waals surface area (Å²) >= 11 is 0. The van der Waals surface area contributed by atoms with Crippen molar-refractivity contribution in [3.8, 4) is 0 Å². The lowest BCUT2D eigenvalue weighted by Crippen LogP contribution is -2.02. The summed E-state index contributed by atoms with van der Waals surface area (Å²) in [5.74, 6) is -0.266. The molecule has 0 aromatic heterocycles. The number of benzene rings is 1. The minimum absolute atomic E-state index is 0.266. The fraction of sp³-hybridized carbons (Fsp3) is 0.111. The van der Waals surface area contributed by atoms with Gasteiger partial charge < -0.3 is 0 Å². The van der Waals surface area contributed by atoms with Crippen LogP contribution in [0.4, 0.5) is 4.39 Å². The number of rotatable bonds is 1. The molecule has 0 aliphatic carbocycles. The molecule has 0 atom stereocenters. The number of nitrogens with zero attached hydrogens (tertiary/aromatic N) is 1. The standard InChI is InChI=1S/C9H7FNO/c10-9-2-1-7-4-11(6-12)5-8(7)3-9/h1-3,5-6H,4H2/q+1. The highest BCUT2D eigenvalue weighted by Gasteiger charge is 2.18. The van der Waals surface area contributed by atoms with E-state index in [0.29, 0.717) is 6.54 Å². The normalized spacial score (nSPS) is 13.9. The summed E-state index contributed by atoms with van der Waals surface area (Å²) in [4.78, 5) is 10.4. The van der Waals surface area contributed by atoms with E-state index in [1.807, 2.05) is 0 Å². The molecule has 1 aromatic rings. The Bertz CT molecular complexity index is 371. The van der Waals surface area contributed by atoms with Crippen molar-refractivity contribution < 1.29 is 13.8 Å². The predicted octanol–water partition coefficient (Wildman–Crippen LogP) is 0.927. The first kappa shape index (κ1) is 7.16. The number of hydrogen-bond donors (Lipinski definition) is 0. The van der Waals surface area contributed by atoms with Gasteiger partial charge in [-0.2, -0.15) is 4.58 Å². The Balaban J connectivity index is 2.48. The summed E-state index contributed by atoms with van der Waals surface area (Å²) in [7, 11) is 0. The highest BCUT2D eigenvalue weighted by molar-refractivity contribution is 5.81. The lowest BCUT2D eigenvalue weighted by Gasteiger charge is -1.91. The van der Waals surface area contributed by atoms with Crippen LogP contribution in [0, 0.1) is 5.82 Å². The predicted molar refractivity (Wildman–Crippen MR) is 41.6 cm³/mol. The number of hydrogen-bond acceptors (Lipinski definition) is 1. The summed E-state index contributed by atoms with van der Waals surface area (Å²) in [6, 6.07) is 4.53. The number of carbonyl (C=O) groups is 1. The zero-order valence-electron chi connectivity index (χ0n) is 6.33. The largest absolute Gasteiger partial charge is 0.375 e. The third-order valence-electron chi connectivity index (χ3n) is 1.90. The summed E-state index contributed by atoms with van der Waals surface area (Å²) in [5.41, 5.74) is 1.78. The van der Waals surface area contributed by atoms with E-state index < -0.39 is 0 Å². The van der Waals surface area contributed by atoms with E-state index in [0.717, 1.165) is 17.5 Å². The molecule has 0 saturated carbocycles. The Hall–Kier alpha value is -1.51. The van der Waals surface area contributed by atoms with Crippen LogP contribution in [-0.4, -0.2) is 17.2 Å². The zero-order valence-corrected chi connectivity index (χ0v) is 6.33. The molecule has 1 aliphatic heterocycles. The van der Waals surface area contributed by atoms with Gasteiger partial charge in [0.05, 0.1) is 5.56 Å². The molecular weight excluding hydrogens is 157 g/mol. The van der Waals surface area contributed by atoms with Gasteiger partial charge in [0.1, 0.15) is 5.82 Å². The van der Waals surface area contributed by atoms with Crippen LogP contribution in [0.5, 0.6) is 0 Å². The second-order valence-electron chi connectivity index (χ2n) is 2.75. The van der Waals surface area contributed by atoms with E-state index in [1.54, 1.807) is 12.3 Å². The van der Waals surface area contributed by atoms with Crippen LogP contribution in [0.25, 0.3) is 0 Å². The van der Waals surface area contributed by atoms with Gasteiger partial charge in [-0.3, -0.25) is 0 Å². The fourth-order valence-electron chi connectivity index (χ4n) is 1.32. The van der Waals surface area contributed by atoms with Gasteiger partial charge in [0.15, 0.2) is 12.8 Å². The van der Waals surface area contributed by atoms with E-state index in [1.165, 1.54) is 16.7 Å². The van der Waals surface area contributed by atoms with Gasteiger partial charge in [0.2, 0.25) is 0 Å². The maximum Gasteiger partial charge on any atom is 0.375 e. The average molecular weight is 164 g/mol. The minimum atomic E-state index is -0.266. The molecule has 0 unspecified atom stereocenters. The molecule has 2 nitrogen and oxygen atoms in total. The lowest BCUT2D eigenvalue weighted by molar-refractivity contribution is -0.439. The van der Waals surface area contributed by atoms with Crippen molar-refractivity contribution >= 4 is 12.6 Å². The number of fused-ring (bicyclic) bond motifs is 1. The van der Waals surface area contributed by atoms with Crippen LogP contribution in [0.15, 0.2) is 18.2 Å². The molecule has 12 heavy (non-hydrogen) atoms. The number of carbonyl (C=O) groups excluding carboxylic acids is 1. The maximum absolute atomic E-state index is 12.7. The van der Waals surface area contributed by atoms with E-state index in [9.17, 15) is 9.18 Å². The fourth-order valence-corrected chi connectivity index (χ4v) is 1.32. The SMILES string of the molecule is O=C[N+]1=Cc2cc(F)ccc2C1. The van der Waals surface area contributed by atoms with Crippen molar-refractivity contribution in [3.63, 3.8) is 0 Å². The topological polar surface area (TPSA) is 20.1 Å². The van der Waals surface area contributed by atoms with Gasteiger partial charge in [-0.25, -0.2) is 9.18 Å². The molecule has 3 heteroatoms. The maximum atomic E-state index is 12.7. The summed E-state index contributed by atoms with van der Waals surface area (Å²) in [6.07, 6.45) is 2.38. The van der Waals surface area contributed by atoms with Gasteiger partial charge in [-0.15, -0.1) is 0 Å². The van der Waals surface area contributed by atoms with E-state index in [-0.39, 0.29) is 5.82 Å². The summed E-state index contributed by atoms with van der Waals surface area (Å²) < 4.78 is 14.2. The van der Waals surface area contributed by atoms with Crippen molar-refractivity contribution in [3.05, 3.63) is 35.1 Å². The van der Waals surface area contributed by atoms with E-state index >= 15 is 0 Å². The Morgan fingerprint density at radius 3 is 3.08 bits per heavy atom. The van der Waals surface area contributed by atoms with Crippen LogP contribution in [0.2, 0.25) is 0 Å². The average Bonchev–Trinajstić information content (AvgIpc) is 2.46. The number of halogens is 1. The smallest absolute Gasteiger partial charge is 0.223 e. The monoisotopic (exact) mass is 164 g/mol. The molecule has 0 spiro atoms. The molecule has 1 aliphatic rings. The van der Waals surface area contributed by atoms with E-state index in [4.69, 9.17) is 0 Å². The molecule has 0 bridgehead atoms. The van der Waals surface area contributed by atoms with Gasteiger partial charge >= 0.3 is 6.41 Å². The number of amides is 1. The molecule has 1 aromatic carbocycles. The molecule has 1 amide bonds. The van der Waals surface area contributed by atoms with Crippen LogP contribution in [0.3, 0.4) is 0 Å². The molecular formula is C9H7FNO+. The Morgan fingerprint density at radius 1 is 1.50 bits per heavy atom. The van der Waals surface area contributed by atoms with Crippen LogP contribution < -0.4 is 0 Å². The van der Waals surface area contributed by atoms with Gasteiger partial charge in [0, 0.05) is 5.56 Å². The molecule has 0 N–H and O–H groups in total. The lowest BCUT2D eigenvalue weighted by atomic mass is 10.1. The Kier molecular flexibility index (Phi) is 1.50. The van der Waals surface area contributed by atoms with Crippen molar-refractivity contribution in [2.75, 3.05) is 0 Å². The summed E-state index contributed by atoms with van der Waals surface area (Å²) in [5, 5.41) is 0. The van der Waals surface area contributed by atoms with Gasteiger partial charge in [-0.1, -0.05) is 0 Å². The molecule has 1 heterocycles. The summed E-state index contributed by atoms with van der Waals surface area (Å²) in [6.45, 7) is 0.555. The van der Waals surface area contributed by atoms with Crippen LogP contribution in [-0.2, 0) is 11.3 Å². The molecule has 0 radical (unpaired) electrons. The van der Waals surface area contributed by atoms with E-state index in [2.05, 4.69) is 0 Å². The third kappa shape index (κ3) is 1.03. The Labute approximate surface area is 69.0 Å². The van der Waals surface area contributed by atoms with Gasteiger partial charge in [-0.05, 0) is 18.2 Å². The molecule has 2 rings (SSSR count). The van der Waals surface area contributed by atoms with Crippen molar-refractivity contribution in [1.82, 2.24) is 0 Å². The van der Waals surface area contributed by atoms with Gasteiger partial charge in [0.25, 0.3) is 0 Å². The first-order chi connectivity index (χ1) is 5.79. The van der Waals surface area contributed by atoms with Crippen molar-refractivity contribution in [2.24, 2.45) is 0 Å². The molecule has 0 saturated heterocycles. The molecule has 60 valence electrons. The quantitative estimate of drug-likeness (QED) is 0.446. The van der Waals surface area contributed by atoms with Crippen molar-refractivity contribution in [2.45, 2.75) is 6.54 Å². The first-order valence-corrected chi connectivity index (χ1v) is 3.64. The highest BCUT2D eigenvalue weighted by atomic mass is 19.1. The molecule has 0 fully saturated rings. The first-order valence-electron chi connectivity index (χ1n) is 3.64. The zero-order chi connectivity index (χ0) is 8.55. The van der Waals surface area contributed by atoms with Crippen molar-refractivity contribution in [1.29, 1.82) is 0 Å². The second kappa shape index (κ2) is 2.52. The van der Waals surface area contributed by atoms with Crippen LogP contribution in [0.1, 0.15) is 11.1 Å². The minimum Gasteiger partial charge on any atom is -0.223 e. The highest BCUT2D eigenvalue weighted by Crippen LogP contribution is 2.14. The Morgan fingerprint density at radius 2 is 2.33 bits per heavy atom.